The van der Waals surface area contributed by atoms with E-state index in [0.29, 0.717) is 13.2 Å². The van der Waals surface area contributed by atoms with Crippen LogP contribution in [0, 0.1) is 0 Å². The molecule has 0 spiro atoms. The molecule has 1 aromatic rings. The predicted molar refractivity (Wildman–Crippen MR) is 55.2 cm³/mol. The first-order chi connectivity index (χ1) is 6.27. The summed E-state index contributed by atoms with van der Waals surface area (Å²) in [6.45, 7) is 2.14. The molecular weight excluding hydrogens is 186 g/mol. The third-order valence-corrected chi connectivity index (χ3v) is 2.83. The molecule has 0 saturated heterocycles. The van der Waals surface area contributed by atoms with Gasteiger partial charge in [-0.25, -0.2) is 4.98 Å². The van der Waals surface area contributed by atoms with Crippen LogP contribution in [0.4, 0.5) is 5.13 Å². The Hall–Kier alpha value is -0.650. The monoisotopic (exact) mass is 201 g/mol. The number of aromatic nitrogens is 1. The molecule has 74 valence electrons. The van der Waals surface area contributed by atoms with Crippen molar-refractivity contribution >= 4 is 16.5 Å². The van der Waals surface area contributed by atoms with E-state index in [1.807, 2.05) is 13.2 Å². The van der Waals surface area contributed by atoms with E-state index in [9.17, 15) is 0 Å². The van der Waals surface area contributed by atoms with Gasteiger partial charge in [0.1, 0.15) is 0 Å². The number of nitrogens with two attached hydrogens (primary N) is 1. The maximum Gasteiger partial charge on any atom is 0.185 e. The van der Waals surface area contributed by atoms with Crippen LogP contribution in [0.5, 0.6) is 0 Å². The third kappa shape index (κ3) is 2.95. The van der Waals surface area contributed by atoms with Crippen molar-refractivity contribution in [2.45, 2.75) is 6.54 Å². The Balaban J connectivity index is 2.50. The Kier molecular flexibility index (Phi) is 4.14. The van der Waals surface area contributed by atoms with Crippen LogP contribution in [0.1, 0.15) is 4.88 Å². The predicted octanol–water partition coefficient (Wildman–Crippen LogP) is 0.684. The molecule has 0 atom stereocenters. The SMILES string of the molecule is COCCN(C)c1ncc(CN)s1. The Bertz CT molecular complexity index is 251. The van der Waals surface area contributed by atoms with E-state index >= 15 is 0 Å². The molecular formula is C8H15N3OS. The van der Waals surface area contributed by atoms with Gasteiger partial charge in [-0.05, 0) is 0 Å². The summed E-state index contributed by atoms with van der Waals surface area (Å²) in [5.74, 6) is 0. The van der Waals surface area contributed by atoms with Crippen molar-refractivity contribution < 1.29 is 4.74 Å². The standard InChI is InChI=1S/C8H15N3OS/c1-11(3-4-12-2)8-10-6-7(5-9)13-8/h6H,3-5,9H2,1-2H3. The molecule has 1 aromatic heterocycles. The summed E-state index contributed by atoms with van der Waals surface area (Å²) in [5, 5.41) is 0.998. The second kappa shape index (κ2) is 5.16. The zero-order valence-electron chi connectivity index (χ0n) is 7.99. The van der Waals surface area contributed by atoms with E-state index in [0.717, 1.165) is 16.6 Å². The Morgan fingerprint density at radius 3 is 3.00 bits per heavy atom. The number of thiazole rings is 1. The van der Waals surface area contributed by atoms with Gasteiger partial charge in [0, 0.05) is 38.3 Å². The summed E-state index contributed by atoms with van der Waals surface area (Å²) in [7, 11) is 3.69. The molecule has 0 amide bonds. The molecule has 0 aliphatic rings. The average Bonchev–Trinajstić information content (AvgIpc) is 2.62. The quantitative estimate of drug-likeness (QED) is 0.761. The average molecular weight is 201 g/mol. The highest BCUT2D eigenvalue weighted by atomic mass is 32.1. The fourth-order valence-electron chi connectivity index (χ4n) is 0.892. The van der Waals surface area contributed by atoms with E-state index in [1.165, 1.54) is 0 Å². The molecule has 5 heteroatoms. The molecule has 1 heterocycles. The van der Waals surface area contributed by atoms with Gasteiger partial charge in [0.05, 0.1) is 6.61 Å². The topological polar surface area (TPSA) is 51.4 Å². The van der Waals surface area contributed by atoms with E-state index in [2.05, 4.69) is 9.88 Å². The van der Waals surface area contributed by atoms with Crippen LogP contribution in [0.15, 0.2) is 6.20 Å². The highest BCUT2D eigenvalue weighted by Crippen LogP contribution is 2.20. The van der Waals surface area contributed by atoms with Crippen LogP contribution < -0.4 is 10.6 Å². The number of likely N-dealkylation sites (N-methyl/N-ethyl adjacent to an activating group) is 1. The zero-order chi connectivity index (χ0) is 9.68. The van der Waals surface area contributed by atoms with Gasteiger partial charge in [-0.1, -0.05) is 0 Å². The van der Waals surface area contributed by atoms with Gasteiger partial charge in [0.2, 0.25) is 0 Å². The van der Waals surface area contributed by atoms with Crippen LogP contribution in [-0.4, -0.2) is 32.3 Å². The number of nitrogens with zero attached hydrogens (tertiary/aromatic N) is 2. The summed E-state index contributed by atoms with van der Waals surface area (Å²) in [4.78, 5) is 7.42. The molecule has 13 heavy (non-hydrogen) atoms. The molecule has 0 bridgehead atoms. The number of rotatable bonds is 5. The Morgan fingerprint density at radius 1 is 1.69 bits per heavy atom. The van der Waals surface area contributed by atoms with Crippen LogP contribution >= 0.6 is 11.3 Å². The molecule has 0 saturated carbocycles. The van der Waals surface area contributed by atoms with Gasteiger partial charge < -0.3 is 15.4 Å². The number of anilines is 1. The fraction of sp³-hybridized carbons (Fsp3) is 0.625. The lowest BCUT2D eigenvalue weighted by Crippen LogP contribution is -2.21. The number of methoxy groups -OCH3 is 1. The molecule has 1 rings (SSSR count). The van der Waals surface area contributed by atoms with Crippen molar-refractivity contribution in [2.75, 3.05) is 32.2 Å². The number of hydrogen-bond acceptors (Lipinski definition) is 5. The number of hydrogen-bond donors (Lipinski definition) is 1. The first-order valence-corrected chi connectivity index (χ1v) is 4.94. The molecule has 0 fully saturated rings. The lowest BCUT2D eigenvalue weighted by molar-refractivity contribution is 0.206. The largest absolute Gasteiger partial charge is 0.383 e. The van der Waals surface area contributed by atoms with Crippen molar-refractivity contribution in [1.29, 1.82) is 0 Å². The fourth-order valence-corrected chi connectivity index (χ4v) is 1.67. The number of ether oxygens (including phenoxy) is 1. The van der Waals surface area contributed by atoms with Gasteiger partial charge in [-0.3, -0.25) is 0 Å². The lowest BCUT2D eigenvalue weighted by Gasteiger charge is -2.14. The van der Waals surface area contributed by atoms with E-state index in [4.69, 9.17) is 10.5 Å². The van der Waals surface area contributed by atoms with Crippen molar-refractivity contribution in [3.63, 3.8) is 0 Å². The summed E-state index contributed by atoms with van der Waals surface area (Å²) in [5.41, 5.74) is 5.49. The Labute approximate surface area is 82.3 Å². The minimum atomic E-state index is 0.565. The van der Waals surface area contributed by atoms with Crippen LogP contribution in [0.2, 0.25) is 0 Å². The first-order valence-electron chi connectivity index (χ1n) is 4.12. The van der Waals surface area contributed by atoms with Crippen molar-refractivity contribution in [1.82, 2.24) is 4.98 Å². The normalized spacial score (nSPS) is 10.4. The van der Waals surface area contributed by atoms with Crippen molar-refractivity contribution in [2.24, 2.45) is 5.73 Å². The van der Waals surface area contributed by atoms with Gasteiger partial charge >= 0.3 is 0 Å². The smallest absolute Gasteiger partial charge is 0.185 e. The molecule has 0 unspecified atom stereocenters. The van der Waals surface area contributed by atoms with E-state index < -0.39 is 0 Å². The highest BCUT2D eigenvalue weighted by molar-refractivity contribution is 7.15. The van der Waals surface area contributed by atoms with E-state index in [1.54, 1.807) is 18.4 Å². The molecule has 0 aliphatic heterocycles. The Morgan fingerprint density at radius 2 is 2.46 bits per heavy atom. The third-order valence-electron chi connectivity index (χ3n) is 1.70. The minimum absolute atomic E-state index is 0.565. The molecule has 2 N–H and O–H groups in total. The van der Waals surface area contributed by atoms with Gasteiger partial charge in [0.15, 0.2) is 5.13 Å². The van der Waals surface area contributed by atoms with E-state index in [-0.39, 0.29) is 0 Å². The zero-order valence-corrected chi connectivity index (χ0v) is 8.80. The molecule has 0 aromatic carbocycles. The van der Waals surface area contributed by atoms with Gasteiger partial charge in [0.25, 0.3) is 0 Å². The van der Waals surface area contributed by atoms with Crippen LogP contribution in [0.3, 0.4) is 0 Å². The lowest BCUT2D eigenvalue weighted by atomic mass is 10.6. The summed E-state index contributed by atoms with van der Waals surface area (Å²) in [6, 6.07) is 0. The summed E-state index contributed by atoms with van der Waals surface area (Å²) in [6.07, 6.45) is 1.82. The minimum Gasteiger partial charge on any atom is -0.383 e. The van der Waals surface area contributed by atoms with Crippen molar-refractivity contribution in [3.05, 3.63) is 11.1 Å². The maximum atomic E-state index is 5.49. The van der Waals surface area contributed by atoms with Gasteiger partial charge in [-0.15, -0.1) is 11.3 Å². The molecule has 4 nitrogen and oxygen atoms in total. The highest BCUT2D eigenvalue weighted by Gasteiger charge is 2.05. The summed E-state index contributed by atoms with van der Waals surface area (Å²) < 4.78 is 4.98. The van der Waals surface area contributed by atoms with Crippen molar-refractivity contribution in [3.8, 4) is 0 Å². The van der Waals surface area contributed by atoms with Crippen LogP contribution in [0.25, 0.3) is 0 Å². The first kappa shape index (κ1) is 10.4. The van der Waals surface area contributed by atoms with Crippen LogP contribution in [-0.2, 0) is 11.3 Å². The van der Waals surface area contributed by atoms with Gasteiger partial charge in [-0.2, -0.15) is 0 Å². The maximum absolute atomic E-state index is 5.49. The second-order valence-electron chi connectivity index (χ2n) is 2.73. The molecule has 0 aliphatic carbocycles. The molecule has 0 radical (unpaired) electrons. The summed E-state index contributed by atoms with van der Waals surface area (Å²) >= 11 is 1.63. The second-order valence-corrected chi connectivity index (χ2v) is 3.82.